The standard InChI is InChI=1S/C24H21ClF4N6O2/c1-13-7-15(24(27,28)29)9-21(32-13)35-11-14(22(36)33-20-5-6-30-12-31-20)8-19(35)23(37)34(2)16-3-4-18(26)17(25)10-16/h3-7,9-10,12,14,19H,8,11H2,1-2H3,(H,30,31,33,36)/t14-,19-/m0/s1. The maximum Gasteiger partial charge on any atom is 0.416 e. The zero-order valence-electron chi connectivity index (χ0n) is 19.6. The summed E-state index contributed by atoms with van der Waals surface area (Å²) >= 11 is 5.86. The van der Waals surface area contributed by atoms with Crippen LogP contribution in [0.15, 0.2) is 48.9 Å². The number of aryl methyl sites for hydroxylation is 1. The number of hydrogen-bond acceptors (Lipinski definition) is 6. The van der Waals surface area contributed by atoms with Gasteiger partial charge in [0.05, 0.1) is 16.5 Å². The minimum atomic E-state index is -4.63. The van der Waals surface area contributed by atoms with E-state index in [0.717, 1.165) is 18.2 Å². The van der Waals surface area contributed by atoms with E-state index < -0.39 is 41.3 Å². The number of alkyl halides is 3. The van der Waals surface area contributed by atoms with Crippen LogP contribution in [-0.2, 0) is 15.8 Å². The number of pyridine rings is 1. The number of rotatable bonds is 5. The van der Waals surface area contributed by atoms with E-state index in [1.165, 1.54) is 54.5 Å². The highest BCUT2D eigenvalue weighted by Gasteiger charge is 2.43. The first kappa shape index (κ1) is 26.3. The number of carbonyl (C=O) groups excluding carboxylic acids is 2. The average molecular weight is 537 g/mol. The third-order valence-corrected chi connectivity index (χ3v) is 6.26. The monoisotopic (exact) mass is 536 g/mol. The first-order valence-corrected chi connectivity index (χ1v) is 11.4. The normalized spacial score (nSPS) is 17.5. The van der Waals surface area contributed by atoms with E-state index in [1.54, 1.807) is 0 Å². The zero-order valence-corrected chi connectivity index (χ0v) is 20.4. The van der Waals surface area contributed by atoms with E-state index in [0.29, 0.717) is 0 Å². The summed E-state index contributed by atoms with van der Waals surface area (Å²) in [5, 5.41) is 2.44. The van der Waals surface area contributed by atoms with Gasteiger partial charge in [-0.3, -0.25) is 9.59 Å². The predicted octanol–water partition coefficient (Wildman–Crippen LogP) is 4.49. The number of benzene rings is 1. The Hall–Kier alpha value is -3.80. The van der Waals surface area contributed by atoms with Gasteiger partial charge in [-0.25, -0.2) is 19.3 Å². The van der Waals surface area contributed by atoms with Gasteiger partial charge in [0.1, 0.15) is 29.8 Å². The van der Waals surface area contributed by atoms with Crippen molar-refractivity contribution in [2.24, 2.45) is 5.92 Å². The number of likely N-dealkylation sites (N-methyl/N-ethyl adjacent to an activating group) is 1. The molecule has 0 spiro atoms. The van der Waals surface area contributed by atoms with E-state index in [1.807, 2.05) is 0 Å². The van der Waals surface area contributed by atoms with Crippen molar-refractivity contribution < 1.29 is 27.2 Å². The molecule has 0 radical (unpaired) electrons. The summed E-state index contributed by atoms with van der Waals surface area (Å²) < 4.78 is 54.2. The quantitative estimate of drug-likeness (QED) is 0.483. The molecule has 2 amide bonds. The lowest BCUT2D eigenvalue weighted by atomic mass is 10.0. The summed E-state index contributed by atoms with van der Waals surface area (Å²) in [7, 11) is 1.43. The Morgan fingerprint density at radius 2 is 1.95 bits per heavy atom. The summed E-state index contributed by atoms with van der Waals surface area (Å²) in [6.45, 7) is 1.34. The lowest BCUT2D eigenvalue weighted by Gasteiger charge is -2.29. The second-order valence-corrected chi connectivity index (χ2v) is 8.94. The Morgan fingerprint density at radius 3 is 2.59 bits per heavy atom. The van der Waals surface area contributed by atoms with Crippen LogP contribution in [0.25, 0.3) is 0 Å². The van der Waals surface area contributed by atoms with Crippen LogP contribution in [0, 0.1) is 18.7 Å². The van der Waals surface area contributed by atoms with Gasteiger partial charge in [0.15, 0.2) is 0 Å². The minimum absolute atomic E-state index is 0.00795. The van der Waals surface area contributed by atoms with Gasteiger partial charge in [-0.1, -0.05) is 11.6 Å². The van der Waals surface area contributed by atoms with Gasteiger partial charge < -0.3 is 15.1 Å². The molecule has 1 fully saturated rings. The molecule has 1 saturated heterocycles. The largest absolute Gasteiger partial charge is 0.416 e. The summed E-state index contributed by atoms with van der Waals surface area (Å²) in [6, 6.07) is 5.92. The molecule has 1 aliphatic rings. The molecule has 0 saturated carbocycles. The smallest absolute Gasteiger partial charge is 0.344 e. The number of halogens is 5. The van der Waals surface area contributed by atoms with Crippen LogP contribution in [0.2, 0.25) is 5.02 Å². The van der Waals surface area contributed by atoms with Gasteiger partial charge in [-0.2, -0.15) is 13.2 Å². The van der Waals surface area contributed by atoms with Gasteiger partial charge in [0, 0.05) is 31.2 Å². The molecule has 0 aliphatic carbocycles. The van der Waals surface area contributed by atoms with Crippen molar-refractivity contribution in [3.8, 4) is 0 Å². The summed E-state index contributed by atoms with van der Waals surface area (Å²) in [6.07, 6.45) is -1.95. The SMILES string of the molecule is Cc1cc(C(F)(F)F)cc(N2C[C@@H](C(=O)Nc3ccncn3)C[C@H]2C(=O)N(C)c2ccc(F)c(Cl)c2)n1. The van der Waals surface area contributed by atoms with Crippen molar-refractivity contribution in [3.63, 3.8) is 0 Å². The molecule has 0 bridgehead atoms. The molecule has 13 heteroatoms. The second kappa shape index (κ2) is 10.3. The van der Waals surface area contributed by atoms with E-state index in [2.05, 4.69) is 20.3 Å². The molecule has 194 valence electrons. The summed E-state index contributed by atoms with van der Waals surface area (Å²) in [5.74, 6) is -2.28. The fourth-order valence-corrected chi connectivity index (χ4v) is 4.29. The molecule has 2 atom stereocenters. The number of carbonyl (C=O) groups is 2. The summed E-state index contributed by atoms with van der Waals surface area (Å²) in [4.78, 5) is 41.1. The first-order chi connectivity index (χ1) is 17.4. The maximum atomic E-state index is 13.6. The maximum absolute atomic E-state index is 13.6. The van der Waals surface area contributed by atoms with Crippen LogP contribution in [0.3, 0.4) is 0 Å². The molecule has 1 aromatic carbocycles. The number of nitrogens with one attached hydrogen (secondary N) is 1. The third kappa shape index (κ3) is 5.79. The van der Waals surface area contributed by atoms with Crippen molar-refractivity contribution in [2.45, 2.75) is 25.6 Å². The molecule has 1 aliphatic heterocycles. The number of hydrogen-bond donors (Lipinski definition) is 1. The van der Waals surface area contributed by atoms with E-state index in [4.69, 9.17) is 11.6 Å². The number of anilines is 3. The van der Waals surface area contributed by atoms with Crippen molar-refractivity contribution in [1.29, 1.82) is 0 Å². The topological polar surface area (TPSA) is 91.3 Å². The molecule has 37 heavy (non-hydrogen) atoms. The van der Waals surface area contributed by atoms with Gasteiger partial charge in [0.2, 0.25) is 11.8 Å². The number of aromatic nitrogens is 3. The van der Waals surface area contributed by atoms with Crippen molar-refractivity contribution in [1.82, 2.24) is 15.0 Å². The predicted molar refractivity (Wildman–Crippen MR) is 129 cm³/mol. The Bertz CT molecular complexity index is 1320. The third-order valence-electron chi connectivity index (χ3n) is 5.97. The molecule has 3 heterocycles. The molecule has 1 N–H and O–H groups in total. The Kier molecular flexibility index (Phi) is 7.30. The minimum Gasteiger partial charge on any atom is -0.344 e. The van der Waals surface area contributed by atoms with Crippen molar-refractivity contribution in [2.75, 3.05) is 28.7 Å². The molecule has 4 rings (SSSR count). The highest BCUT2D eigenvalue weighted by Crippen LogP contribution is 2.36. The molecular formula is C24H21ClF4N6O2. The number of amides is 2. The first-order valence-electron chi connectivity index (χ1n) is 11.1. The molecule has 2 aromatic heterocycles. The van der Waals surface area contributed by atoms with Crippen molar-refractivity contribution >= 4 is 40.7 Å². The Labute approximate surface area is 214 Å². The second-order valence-electron chi connectivity index (χ2n) is 8.53. The highest BCUT2D eigenvalue weighted by atomic mass is 35.5. The van der Waals surface area contributed by atoms with Crippen LogP contribution in [0.1, 0.15) is 17.7 Å². The molecular weight excluding hydrogens is 516 g/mol. The average Bonchev–Trinajstić information content (AvgIpc) is 3.30. The highest BCUT2D eigenvalue weighted by molar-refractivity contribution is 6.31. The van der Waals surface area contributed by atoms with Gasteiger partial charge >= 0.3 is 6.18 Å². The van der Waals surface area contributed by atoms with Crippen LogP contribution in [0.4, 0.5) is 34.9 Å². The zero-order chi connectivity index (χ0) is 26.9. The fourth-order valence-electron chi connectivity index (χ4n) is 4.11. The molecule has 0 unspecified atom stereocenters. The lowest BCUT2D eigenvalue weighted by molar-refractivity contribution is -0.137. The van der Waals surface area contributed by atoms with Gasteiger partial charge in [-0.05, 0) is 49.7 Å². The number of nitrogens with zero attached hydrogens (tertiary/aromatic N) is 5. The molecule has 3 aromatic rings. The van der Waals surface area contributed by atoms with E-state index in [-0.39, 0.29) is 41.0 Å². The summed E-state index contributed by atoms with van der Waals surface area (Å²) in [5.41, 5.74) is -0.546. The fraction of sp³-hybridized carbons (Fsp3) is 0.292. The van der Waals surface area contributed by atoms with Crippen LogP contribution in [0.5, 0.6) is 0 Å². The van der Waals surface area contributed by atoms with E-state index >= 15 is 0 Å². The van der Waals surface area contributed by atoms with Crippen LogP contribution < -0.4 is 15.1 Å². The Morgan fingerprint density at radius 1 is 1.19 bits per heavy atom. The molecule has 8 nitrogen and oxygen atoms in total. The van der Waals surface area contributed by atoms with Crippen LogP contribution in [-0.4, -0.2) is 46.4 Å². The van der Waals surface area contributed by atoms with Crippen molar-refractivity contribution in [3.05, 3.63) is 71.0 Å². The Balaban J connectivity index is 1.68. The van der Waals surface area contributed by atoms with Gasteiger partial charge in [-0.15, -0.1) is 0 Å². The van der Waals surface area contributed by atoms with Crippen LogP contribution >= 0.6 is 11.6 Å². The van der Waals surface area contributed by atoms with E-state index in [9.17, 15) is 27.2 Å². The van der Waals surface area contributed by atoms with Gasteiger partial charge in [0.25, 0.3) is 0 Å². The lowest BCUT2D eigenvalue weighted by Crippen LogP contribution is -2.44.